The fourth-order valence-corrected chi connectivity index (χ4v) is 1.06. The van der Waals surface area contributed by atoms with Gasteiger partial charge in [0.1, 0.15) is 6.61 Å². The van der Waals surface area contributed by atoms with Gasteiger partial charge in [-0.15, -0.1) is 0 Å². The van der Waals surface area contributed by atoms with Crippen LogP contribution in [0.25, 0.3) is 0 Å². The normalized spacial score (nSPS) is 29.2. The highest BCUT2D eigenvalue weighted by Gasteiger charge is 2.17. The van der Waals surface area contributed by atoms with Crippen LogP contribution in [0, 0.1) is 0 Å². The predicted molar refractivity (Wildman–Crippen MR) is 46.3 cm³/mol. The maximum absolute atomic E-state index is 5.27. The molecular weight excluding hydrogens is 229 g/mol. The van der Waals surface area contributed by atoms with Crippen LogP contribution in [0.2, 0.25) is 0 Å². The molecule has 52 valence electrons. The smallest absolute Gasteiger partial charge is 0.196 e. The number of halogens is 1. The van der Waals surface area contributed by atoms with E-state index in [4.69, 9.17) is 4.74 Å². The largest absolute Gasteiger partial charge is 0.478 e. The molecule has 0 saturated carbocycles. The van der Waals surface area contributed by atoms with Gasteiger partial charge >= 0.3 is 0 Å². The zero-order valence-electron chi connectivity index (χ0n) is 5.60. The van der Waals surface area contributed by atoms with Gasteiger partial charge in [-0.05, 0) is 13.8 Å². The molecule has 9 heavy (non-hydrogen) atoms. The summed E-state index contributed by atoms with van der Waals surface area (Å²) in [6.45, 7) is 4.91. The van der Waals surface area contributed by atoms with Gasteiger partial charge in [0.2, 0.25) is 0 Å². The van der Waals surface area contributed by atoms with E-state index in [1.54, 1.807) is 0 Å². The molecule has 1 aliphatic heterocycles. The molecule has 0 fully saturated rings. The summed E-state index contributed by atoms with van der Waals surface area (Å²) in [6.07, 6.45) is 0. The van der Waals surface area contributed by atoms with Gasteiger partial charge in [-0.25, -0.2) is 4.99 Å². The van der Waals surface area contributed by atoms with Crippen molar-refractivity contribution in [3.8, 4) is 0 Å². The van der Waals surface area contributed by atoms with Crippen LogP contribution in [0.1, 0.15) is 13.8 Å². The Morgan fingerprint density at radius 3 is 2.78 bits per heavy atom. The summed E-state index contributed by atoms with van der Waals surface area (Å²) in [5.41, 5.74) is 0. The van der Waals surface area contributed by atoms with Gasteiger partial charge in [-0.1, -0.05) is 22.6 Å². The molecule has 0 aromatic heterocycles. The molecule has 2 atom stereocenters. The lowest BCUT2D eigenvalue weighted by Crippen LogP contribution is -2.09. The second-order valence-electron chi connectivity index (χ2n) is 2.24. The van der Waals surface area contributed by atoms with Gasteiger partial charge in [0.05, 0.1) is 9.97 Å². The number of alkyl halides is 1. The predicted octanol–water partition coefficient (Wildman–Crippen LogP) is 1.63. The van der Waals surface area contributed by atoms with Crippen molar-refractivity contribution in [3.05, 3.63) is 0 Å². The van der Waals surface area contributed by atoms with Crippen LogP contribution in [0.15, 0.2) is 4.99 Å². The Kier molecular flexibility index (Phi) is 2.32. The van der Waals surface area contributed by atoms with E-state index in [-0.39, 0.29) is 0 Å². The van der Waals surface area contributed by atoms with E-state index >= 15 is 0 Å². The summed E-state index contributed by atoms with van der Waals surface area (Å²) in [4.78, 5) is 4.27. The standard InChI is InChI=1S/C6H10INO/c1-4-3-9-6(8-4)5(2)7/h4-5H,3H2,1-2H3/t4-,5?/m0/s1. The van der Waals surface area contributed by atoms with Gasteiger partial charge in [0.15, 0.2) is 5.90 Å². The van der Waals surface area contributed by atoms with E-state index in [1.807, 2.05) is 0 Å². The lowest BCUT2D eigenvalue weighted by atomic mass is 10.4. The molecule has 0 spiro atoms. The van der Waals surface area contributed by atoms with Gasteiger partial charge in [0.25, 0.3) is 0 Å². The van der Waals surface area contributed by atoms with Gasteiger partial charge in [-0.3, -0.25) is 0 Å². The molecule has 0 bridgehead atoms. The zero-order valence-corrected chi connectivity index (χ0v) is 7.75. The van der Waals surface area contributed by atoms with E-state index in [1.165, 1.54) is 0 Å². The first-order chi connectivity index (χ1) is 4.20. The van der Waals surface area contributed by atoms with Crippen LogP contribution in [0.5, 0.6) is 0 Å². The number of ether oxygens (including phenoxy) is 1. The molecule has 0 aromatic carbocycles. The van der Waals surface area contributed by atoms with Crippen molar-refractivity contribution in [2.24, 2.45) is 4.99 Å². The zero-order chi connectivity index (χ0) is 6.85. The summed E-state index contributed by atoms with van der Waals surface area (Å²) in [5, 5.41) is 0. The third kappa shape index (κ3) is 1.81. The van der Waals surface area contributed by atoms with Gasteiger partial charge < -0.3 is 4.74 Å². The minimum Gasteiger partial charge on any atom is -0.478 e. The van der Waals surface area contributed by atoms with E-state index in [9.17, 15) is 0 Å². The Morgan fingerprint density at radius 2 is 2.56 bits per heavy atom. The maximum Gasteiger partial charge on any atom is 0.196 e. The van der Waals surface area contributed by atoms with Crippen LogP contribution >= 0.6 is 22.6 Å². The summed E-state index contributed by atoms with van der Waals surface area (Å²) >= 11 is 2.30. The Hall–Kier alpha value is 0.200. The summed E-state index contributed by atoms with van der Waals surface area (Å²) in [6, 6.07) is 0.372. The fourth-order valence-electron chi connectivity index (χ4n) is 0.715. The number of nitrogens with zero attached hydrogens (tertiary/aromatic N) is 1. The van der Waals surface area contributed by atoms with Crippen molar-refractivity contribution in [1.29, 1.82) is 0 Å². The van der Waals surface area contributed by atoms with E-state index in [2.05, 4.69) is 41.4 Å². The van der Waals surface area contributed by atoms with E-state index in [0.29, 0.717) is 9.97 Å². The van der Waals surface area contributed by atoms with Crippen molar-refractivity contribution in [2.45, 2.75) is 23.8 Å². The molecule has 0 radical (unpaired) electrons. The second-order valence-corrected chi connectivity index (χ2v) is 4.11. The first kappa shape index (κ1) is 7.31. The van der Waals surface area contributed by atoms with E-state index in [0.717, 1.165) is 12.5 Å². The lowest BCUT2D eigenvalue weighted by molar-refractivity contribution is 0.318. The molecule has 2 nitrogen and oxygen atoms in total. The third-order valence-electron chi connectivity index (χ3n) is 1.16. The Morgan fingerprint density at radius 1 is 1.89 bits per heavy atom. The minimum absolute atomic E-state index is 0.372. The summed E-state index contributed by atoms with van der Waals surface area (Å²) in [7, 11) is 0. The van der Waals surface area contributed by atoms with Crippen LogP contribution in [-0.4, -0.2) is 22.5 Å². The highest BCUT2D eigenvalue weighted by Crippen LogP contribution is 2.11. The first-order valence-corrected chi connectivity index (χ1v) is 4.29. The lowest BCUT2D eigenvalue weighted by Gasteiger charge is -2.00. The minimum atomic E-state index is 0.372. The molecule has 1 aliphatic rings. The summed E-state index contributed by atoms with van der Waals surface area (Å²) < 4.78 is 5.69. The van der Waals surface area contributed by atoms with Crippen molar-refractivity contribution in [1.82, 2.24) is 0 Å². The molecular formula is C6H10INO. The van der Waals surface area contributed by atoms with E-state index < -0.39 is 0 Å². The molecule has 0 amide bonds. The van der Waals surface area contributed by atoms with Crippen molar-refractivity contribution in [2.75, 3.05) is 6.61 Å². The van der Waals surface area contributed by atoms with Crippen molar-refractivity contribution in [3.63, 3.8) is 0 Å². The summed E-state index contributed by atoms with van der Waals surface area (Å²) in [5.74, 6) is 0.906. The highest BCUT2D eigenvalue weighted by molar-refractivity contribution is 14.1. The number of hydrogen-bond donors (Lipinski definition) is 0. The Balaban J connectivity index is 2.52. The number of aliphatic imine (C=N–C) groups is 1. The molecule has 1 unspecified atom stereocenters. The maximum atomic E-state index is 5.27. The van der Waals surface area contributed by atoms with Gasteiger partial charge in [-0.2, -0.15) is 0 Å². The first-order valence-electron chi connectivity index (χ1n) is 3.04. The molecule has 1 heterocycles. The van der Waals surface area contributed by atoms with Crippen LogP contribution < -0.4 is 0 Å². The van der Waals surface area contributed by atoms with Crippen LogP contribution in [0.3, 0.4) is 0 Å². The molecule has 0 aliphatic carbocycles. The molecule has 3 heteroatoms. The second kappa shape index (κ2) is 2.86. The van der Waals surface area contributed by atoms with Crippen LogP contribution in [0.4, 0.5) is 0 Å². The SMILES string of the molecule is CC(I)C1=N[C@@H](C)CO1. The third-order valence-corrected chi connectivity index (χ3v) is 1.69. The Labute approximate surface area is 68.8 Å². The topological polar surface area (TPSA) is 21.6 Å². The average Bonchev–Trinajstić information content (AvgIpc) is 2.14. The highest BCUT2D eigenvalue weighted by atomic mass is 127. The molecule has 0 aromatic rings. The molecule has 1 rings (SSSR count). The quantitative estimate of drug-likeness (QED) is 0.503. The monoisotopic (exact) mass is 239 g/mol. The molecule has 0 N–H and O–H groups in total. The fraction of sp³-hybridized carbons (Fsp3) is 0.833. The van der Waals surface area contributed by atoms with Crippen molar-refractivity contribution < 1.29 is 4.74 Å². The van der Waals surface area contributed by atoms with Crippen LogP contribution in [-0.2, 0) is 4.74 Å². The number of hydrogen-bond acceptors (Lipinski definition) is 2. The number of rotatable bonds is 1. The van der Waals surface area contributed by atoms with Gasteiger partial charge in [0, 0.05) is 0 Å². The van der Waals surface area contributed by atoms with Crippen molar-refractivity contribution >= 4 is 28.5 Å². The Bertz CT molecular complexity index is 133. The molecule has 0 saturated heterocycles. The average molecular weight is 239 g/mol.